The zero-order chi connectivity index (χ0) is 18.4. The van der Waals surface area contributed by atoms with E-state index in [-0.39, 0.29) is 0 Å². The van der Waals surface area contributed by atoms with Crippen LogP contribution < -0.4 is 5.73 Å². The van der Waals surface area contributed by atoms with Crippen molar-refractivity contribution in [2.45, 2.75) is 129 Å². The largest absolute Gasteiger partial charge is 0.330 e. The normalized spacial score (nSPS) is 12.9. The van der Waals surface area contributed by atoms with E-state index < -0.39 is 0 Å². The molecule has 0 saturated carbocycles. The molecule has 150 valence electrons. The lowest BCUT2D eigenvalue weighted by Gasteiger charge is -2.09. The van der Waals surface area contributed by atoms with E-state index in [0.717, 1.165) is 12.5 Å². The van der Waals surface area contributed by atoms with Gasteiger partial charge >= 0.3 is 0 Å². The highest BCUT2D eigenvalue weighted by atomic mass is 14.5. The molecule has 1 atom stereocenters. The van der Waals surface area contributed by atoms with Gasteiger partial charge in [0.05, 0.1) is 0 Å². The van der Waals surface area contributed by atoms with Crippen molar-refractivity contribution in [2.75, 3.05) is 6.54 Å². The van der Waals surface area contributed by atoms with Crippen molar-refractivity contribution < 1.29 is 0 Å². The second-order valence-corrected chi connectivity index (χ2v) is 8.12. The first-order valence-electron chi connectivity index (χ1n) is 11.7. The average molecular weight is 352 g/mol. The highest BCUT2D eigenvalue weighted by Crippen LogP contribution is 2.17. The fraction of sp³-hybridized carbons (Fsp3) is 0.917. The third-order valence-electron chi connectivity index (χ3n) is 5.36. The molecule has 0 aliphatic rings. The molecule has 1 heteroatoms. The highest BCUT2D eigenvalue weighted by molar-refractivity contribution is 4.81. The monoisotopic (exact) mass is 351 g/mol. The van der Waals surface area contributed by atoms with Crippen LogP contribution in [-0.4, -0.2) is 6.54 Å². The predicted octanol–water partition coefficient (Wildman–Crippen LogP) is 8.18. The van der Waals surface area contributed by atoms with Crippen molar-refractivity contribution in [3.8, 4) is 0 Å². The molecule has 0 heterocycles. The van der Waals surface area contributed by atoms with E-state index in [1.165, 1.54) is 116 Å². The maximum Gasteiger partial charge on any atom is -0.00773 e. The maximum absolute atomic E-state index is 5.51. The molecule has 0 aliphatic heterocycles. The fourth-order valence-corrected chi connectivity index (χ4v) is 3.51. The second kappa shape index (κ2) is 21.7. The maximum atomic E-state index is 5.51. The van der Waals surface area contributed by atoms with Crippen LogP contribution in [0.3, 0.4) is 0 Å². The highest BCUT2D eigenvalue weighted by Gasteiger charge is 2.00. The molecule has 1 nitrogen and oxygen atoms in total. The Bertz CT molecular complexity index is 259. The quantitative estimate of drug-likeness (QED) is 0.174. The standard InChI is InChI=1S/C24H49N/c1-3-4-21-24(2)22-19-17-15-13-11-9-7-5-6-8-10-12-14-16-18-20-23-25/h5-6,24H,3-4,7-23,25H2,1-2H3/b6-5-. The van der Waals surface area contributed by atoms with Crippen molar-refractivity contribution >= 4 is 0 Å². The molecule has 0 aromatic carbocycles. The predicted molar refractivity (Wildman–Crippen MR) is 116 cm³/mol. The number of allylic oxidation sites excluding steroid dienone is 2. The van der Waals surface area contributed by atoms with Crippen molar-refractivity contribution in [1.29, 1.82) is 0 Å². The number of rotatable bonds is 20. The summed E-state index contributed by atoms with van der Waals surface area (Å²) in [5.41, 5.74) is 5.51. The van der Waals surface area contributed by atoms with Gasteiger partial charge < -0.3 is 5.73 Å². The van der Waals surface area contributed by atoms with Crippen LogP contribution in [-0.2, 0) is 0 Å². The molecule has 1 unspecified atom stereocenters. The van der Waals surface area contributed by atoms with Gasteiger partial charge in [-0.05, 0) is 44.6 Å². The van der Waals surface area contributed by atoms with E-state index in [9.17, 15) is 0 Å². The first-order valence-corrected chi connectivity index (χ1v) is 11.7. The Labute approximate surface area is 160 Å². The van der Waals surface area contributed by atoms with Gasteiger partial charge in [0.25, 0.3) is 0 Å². The van der Waals surface area contributed by atoms with Crippen LogP contribution in [0.2, 0.25) is 0 Å². The summed E-state index contributed by atoms with van der Waals surface area (Å²) in [5, 5.41) is 0. The molecule has 0 bridgehead atoms. The van der Waals surface area contributed by atoms with Gasteiger partial charge in [-0.2, -0.15) is 0 Å². The van der Waals surface area contributed by atoms with Crippen LogP contribution in [0.25, 0.3) is 0 Å². The molecule has 0 aromatic heterocycles. The number of unbranched alkanes of at least 4 members (excludes halogenated alkanes) is 13. The van der Waals surface area contributed by atoms with Crippen molar-refractivity contribution in [1.82, 2.24) is 0 Å². The summed E-state index contributed by atoms with van der Waals surface area (Å²) in [6, 6.07) is 0. The van der Waals surface area contributed by atoms with Gasteiger partial charge in [0, 0.05) is 0 Å². The molecule has 0 spiro atoms. The Hall–Kier alpha value is -0.300. The van der Waals surface area contributed by atoms with Gasteiger partial charge in [0.1, 0.15) is 0 Å². The fourth-order valence-electron chi connectivity index (χ4n) is 3.51. The summed E-state index contributed by atoms with van der Waals surface area (Å²) in [6.45, 7) is 5.60. The lowest BCUT2D eigenvalue weighted by Crippen LogP contribution is -1.97. The molecular formula is C24H49N. The summed E-state index contributed by atoms with van der Waals surface area (Å²) in [5.74, 6) is 0.955. The average Bonchev–Trinajstić information content (AvgIpc) is 2.62. The molecule has 0 radical (unpaired) electrons. The molecule has 0 amide bonds. The Balaban J connectivity index is 3.12. The van der Waals surface area contributed by atoms with E-state index in [1.54, 1.807) is 0 Å². The topological polar surface area (TPSA) is 26.0 Å². The van der Waals surface area contributed by atoms with Crippen LogP contribution in [0.1, 0.15) is 129 Å². The van der Waals surface area contributed by atoms with Gasteiger partial charge in [-0.25, -0.2) is 0 Å². The Kier molecular flexibility index (Phi) is 21.5. The van der Waals surface area contributed by atoms with Gasteiger partial charge in [-0.15, -0.1) is 0 Å². The van der Waals surface area contributed by atoms with Crippen molar-refractivity contribution in [2.24, 2.45) is 11.7 Å². The Morgan fingerprint density at radius 2 is 1.04 bits per heavy atom. The third kappa shape index (κ3) is 21.7. The first kappa shape index (κ1) is 24.7. The molecule has 2 N–H and O–H groups in total. The van der Waals surface area contributed by atoms with E-state index in [0.29, 0.717) is 0 Å². The SMILES string of the molecule is CCCCC(C)CCCCCCCC/C=C\CCCCCCCCN. The smallest absolute Gasteiger partial charge is 0.00773 e. The van der Waals surface area contributed by atoms with Gasteiger partial charge in [-0.1, -0.05) is 109 Å². The van der Waals surface area contributed by atoms with Gasteiger partial charge in [-0.3, -0.25) is 0 Å². The number of nitrogens with two attached hydrogens (primary N) is 1. The zero-order valence-electron chi connectivity index (χ0n) is 17.7. The molecule has 0 fully saturated rings. The summed E-state index contributed by atoms with van der Waals surface area (Å²) < 4.78 is 0. The third-order valence-corrected chi connectivity index (χ3v) is 5.36. The number of hydrogen-bond acceptors (Lipinski definition) is 1. The Morgan fingerprint density at radius 3 is 1.56 bits per heavy atom. The molecule has 0 saturated heterocycles. The van der Waals surface area contributed by atoms with E-state index in [4.69, 9.17) is 5.73 Å². The minimum atomic E-state index is 0.862. The van der Waals surface area contributed by atoms with E-state index >= 15 is 0 Å². The van der Waals surface area contributed by atoms with Gasteiger partial charge in [0.2, 0.25) is 0 Å². The van der Waals surface area contributed by atoms with E-state index in [2.05, 4.69) is 26.0 Å². The Morgan fingerprint density at radius 1 is 0.600 bits per heavy atom. The van der Waals surface area contributed by atoms with Crippen LogP contribution in [0, 0.1) is 5.92 Å². The lowest BCUT2D eigenvalue weighted by atomic mass is 9.97. The number of hydrogen-bond donors (Lipinski definition) is 1. The zero-order valence-corrected chi connectivity index (χ0v) is 17.7. The summed E-state index contributed by atoms with van der Waals surface area (Å²) in [6.07, 6.45) is 29.8. The molecular weight excluding hydrogens is 302 g/mol. The van der Waals surface area contributed by atoms with E-state index in [1.807, 2.05) is 0 Å². The molecule has 0 aromatic rings. The molecule has 0 aliphatic carbocycles. The van der Waals surface area contributed by atoms with Crippen LogP contribution >= 0.6 is 0 Å². The van der Waals surface area contributed by atoms with Crippen LogP contribution in [0.15, 0.2) is 12.2 Å². The van der Waals surface area contributed by atoms with Crippen LogP contribution in [0.4, 0.5) is 0 Å². The summed E-state index contributed by atoms with van der Waals surface area (Å²) in [7, 11) is 0. The van der Waals surface area contributed by atoms with Crippen LogP contribution in [0.5, 0.6) is 0 Å². The molecule has 25 heavy (non-hydrogen) atoms. The second-order valence-electron chi connectivity index (χ2n) is 8.12. The minimum absolute atomic E-state index is 0.862. The van der Waals surface area contributed by atoms with Crippen molar-refractivity contribution in [3.05, 3.63) is 12.2 Å². The summed E-state index contributed by atoms with van der Waals surface area (Å²) in [4.78, 5) is 0. The van der Waals surface area contributed by atoms with Crippen molar-refractivity contribution in [3.63, 3.8) is 0 Å². The minimum Gasteiger partial charge on any atom is -0.330 e. The van der Waals surface area contributed by atoms with Gasteiger partial charge in [0.15, 0.2) is 0 Å². The summed E-state index contributed by atoms with van der Waals surface area (Å²) >= 11 is 0. The molecule has 0 rings (SSSR count). The lowest BCUT2D eigenvalue weighted by molar-refractivity contribution is 0.441. The first-order chi connectivity index (χ1) is 12.3.